The summed E-state index contributed by atoms with van der Waals surface area (Å²) >= 11 is 1.71. The maximum absolute atomic E-state index is 5.42. The topological polar surface area (TPSA) is 22.4 Å². The molecular formula is C17H18O2S. The molecule has 0 N–H and O–H groups in total. The molecule has 0 saturated heterocycles. The fraction of sp³-hybridized carbons (Fsp3) is 0.176. The first kappa shape index (κ1) is 14.4. The highest BCUT2D eigenvalue weighted by Crippen LogP contribution is 2.23. The summed E-state index contributed by atoms with van der Waals surface area (Å²) in [6.07, 6.45) is 5.59. The lowest BCUT2D eigenvalue weighted by Gasteiger charge is -2.15. The molecule has 0 atom stereocenters. The average Bonchev–Trinajstić information content (AvgIpc) is 3.25. The van der Waals surface area contributed by atoms with Crippen LogP contribution in [0, 0.1) is 0 Å². The van der Waals surface area contributed by atoms with E-state index in [1.165, 1.54) is 12.0 Å². The predicted octanol–water partition coefficient (Wildman–Crippen LogP) is 5.04. The molecule has 2 nitrogen and oxygen atoms in total. The van der Waals surface area contributed by atoms with Gasteiger partial charge >= 0.3 is 0 Å². The number of para-hydroxylation sites is 1. The second-order valence-corrected chi connectivity index (χ2v) is 4.96. The second kappa shape index (κ2) is 8.99. The van der Waals surface area contributed by atoms with Gasteiger partial charge in [-0.3, -0.25) is 0 Å². The van der Waals surface area contributed by atoms with Crippen molar-refractivity contribution < 1.29 is 9.15 Å². The molecule has 0 radical (unpaired) electrons. The molecule has 3 heteroatoms. The van der Waals surface area contributed by atoms with Crippen LogP contribution in [-0.2, 0) is 6.42 Å². The number of aryl methyl sites for hydroxylation is 1. The van der Waals surface area contributed by atoms with Gasteiger partial charge < -0.3 is 9.15 Å². The number of ether oxygens (including phenoxy) is 1. The highest BCUT2D eigenvalue weighted by atomic mass is 32.1. The van der Waals surface area contributed by atoms with Crippen molar-refractivity contribution in [2.45, 2.75) is 12.8 Å². The monoisotopic (exact) mass is 286 g/mol. The molecule has 3 heterocycles. The largest absolute Gasteiger partial charge is 0.493 e. The van der Waals surface area contributed by atoms with Crippen LogP contribution in [0.3, 0.4) is 0 Å². The smallest absolute Gasteiger partial charge is 0.122 e. The molecule has 0 unspecified atom stereocenters. The van der Waals surface area contributed by atoms with E-state index in [0.29, 0.717) is 0 Å². The Morgan fingerprint density at radius 2 is 1.60 bits per heavy atom. The molecule has 1 aliphatic rings. The molecular weight excluding hydrogens is 268 g/mol. The highest BCUT2D eigenvalue weighted by molar-refractivity contribution is 7.07. The van der Waals surface area contributed by atoms with Crippen molar-refractivity contribution in [1.82, 2.24) is 0 Å². The first-order valence-electron chi connectivity index (χ1n) is 6.62. The Bertz CT molecular complexity index is 458. The first-order chi connectivity index (χ1) is 9.97. The third-order valence-electron chi connectivity index (χ3n) is 2.67. The summed E-state index contributed by atoms with van der Waals surface area (Å²) in [5.74, 6) is 1.08. The van der Waals surface area contributed by atoms with E-state index >= 15 is 0 Å². The van der Waals surface area contributed by atoms with Crippen LogP contribution in [0.15, 0.2) is 76.2 Å². The Morgan fingerprint density at radius 3 is 2.15 bits per heavy atom. The van der Waals surface area contributed by atoms with E-state index in [9.17, 15) is 0 Å². The summed E-state index contributed by atoms with van der Waals surface area (Å²) in [5.41, 5.74) is 1.36. The summed E-state index contributed by atoms with van der Waals surface area (Å²) in [4.78, 5) is 0. The van der Waals surface area contributed by atoms with Gasteiger partial charge in [-0.25, -0.2) is 0 Å². The maximum Gasteiger partial charge on any atom is 0.122 e. The van der Waals surface area contributed by atoms with Crippen molar-refractivity contribution in [3.8, 4) is 5.75 Å². The number of benzene rings is 1. The van der Waals surface area contributed by atoms with Crippen LogP contribution in [0.1, 0.15) is 12.0 Å². The van der Waals surface area contributed by atoms with Crippen LogP contribution in [0.25, 0.3) is 0 Å². The van der Waals surface area contributed by atoms with E-state index in [1.807, 2.05) is 47.2 Å². The Labute approximate surface area is 123 Å². The Morgan fingerprint density at radius 1 is 0.850 bits per heavy atom. The number of hydrogen-bond donors (Lipinski definition) is 0. The van der Waals surface area contributed by atoms with Crippen molar-refractivity contribution >= 4 is 11.3 Å². The Kier molecular flexibility index (Phi) is 6.48. The zero-order valence-electron chi connectivity index (χ0n) is 11.3. The number of hydrogen-bond acceptors (Lipinski definition) is 3. The van der Waals surface area contributed by atoms with Gasteiger partial charge in [0.05, 0.1) is 19.1 Å². The summed E-state index contributed by atoms with van der Waals surface area (Å²) in [5, 5.41) is 4.08. The summed E-state index contributed by atoms with van der Waals surface area (Å²) < 4.78 is 10.0. The van der Waals surface area contributed by atoms with E-state index in [0.717, 1.165) is 18.8 Å². The molecule has 0 bridgehead atoms. The van der Waals surface area contributed by atoms with Gasteiger partial charge in [0.2, 0.25) is 0 Å². The zero-order valence-corrected chi connectivity index (χ0v) is 12.1. The first-order valence-corrected chi connectivity index (χ1v) is 7.56. The minimum atomic E-state index is 0.886. The van der Waals surface area contributed by atoms with Crippen LogP contribution in [0.2, 0.25) is 0 Å². The molecule has 20 heavy (non-hydrogen) atoms. The van der Waals surface area contributed by atoms with Crippen molar-refractivity contribution in [2.75, 3.05) is 6.61 Å². The summed E-state index contributed by atoms with van der Waals surface area (Å²) in [6.45, 7) is 0.886. The molecule has 0 spiro atoms. The van der Waals surface area contributed by atoms with Crippen LogP contribution >= 0.6 is 11.3 Å². The Hall–Kier alpha value is -2.00. The van der Waals surface area contributed by atoms with E-state index in [-0.39, 0.29) is 0 Å². The highest BCUT2D eigenvalue weighted by Gasteiger charge is 2.06. The molecule has 1 aliphatic heterocycles. The van der Waals surface area contributed by atoms with Gasteiger partial charge in [0, 0.05) is 0 Å². The van der Waals surface area contributed by atoms with Gasteiger partial charge in [-0.1, -0.05) is 30.3 Å². The molecule has 4 rings (SSSR count). The fourth-order valence-electron chi connectivity index (χ4n) is 1.75. The minimum absolute atomic E-state index is 0.886. The van der Waals surface area contributed by atoms with E-state index < -0.39 is 0 Å². The molecule has 0 amide bonds. The minimum Gasteiger partial charge on any atom is -0.493 e. The maximum atomic E-state index is 5.42. The lowest BCUT2D eigenvalue weighted by Crippen LogP contribution is -2.07. The van der Waals surface area contributed by atoms with Crippen LogP contribution < -0.4 is 4.74 Å². The van der Waals surface area contributed by atoms with Gasteiger partial charge in [-0.05, 0) is 47.4 Å². The van der Waals surface area contributed by atoms with Gasteiger partial charge in [0.25, 0.3) is 0 Å². The number of fused-ring (bicyclic) bond motifs is 1. The molecule has 0 fully saturated rings. The standard InChI is InChI=1S/C9H10O.C4H4O.C4H4S/c1-2-6-9-8(4-1)5-3-7-10-9;2*1-2-4-5-3-1/h1-2,4,6H,3,5,7H2;2*1-4H. The summed E-state index contributed by atoms with van der Waals surface area (Å²) in [6, 6.07) is 16.0. The van der Waals surface area contributed by atoms with Gasteiger partial charge in [0.1, 0.15) is 5.75 Å². The molecule has 104 valence electrons. The van der Waals surface area contributed by atoms with Gasteiger partial charge in [-0.15, -0.1) is 0 Å². The van der Waals surface area contributed by atoms with E-state index in [4.69, 9.17) is 4.74 Å². The second-order valence-electron chi connectivity index (χ2n) is 4.15. The van der Waals surface area contributed by atoms with E-state index in [1.54, 1.807) is 23.9 Å². The lowest BCUT2D eigenvalue weighted by molar-refractivity contribution is 0.288. The normalized spacial score (nSPS) is 11.8. The molecule has 0 saturated carbocycles. The van der Waals surface area contributed by atoms with Crippen LogP contribution in [-0.4, -0.2) is 6.61 Å². The van der Waals surface area contributed by atoms with Gasteiger partial charge in [-0.2, -0.15) is 11.3 Å². The third-order valence-corrected chi connectivity index (χ3v) is 3.30. The van der Waals surface area contributed by atoms with E-state index in [2.05, 4.69) is 16.5 Å². The Balaban J connectivity index is 0.000000124. The quantitative estimate of drug-likeness (QED) is 0.577. The van der Waals surface area contributed by atoms with Crippen LogP contribution in [0.4, 0.5) is 0 Å². The van der Waals surface area contributed by atoms with Crippen molar-refractivity contribution in [2.24, 2.45) is 0 Å². The van der Waals surface area contributed by atoms with Crippen molar-refractivity contribution in [3.63, 3.8) is 0 Å². The van der Waals surface area contributed by atoms with Gasteiger partial charge in [0.15, 0.2) is 0 Å². The molecule has 0 aliphatic carbocycles. The molecule has 1 aromatic carbocycles. The van der Waals surface area contributed by atoms with Crippen LogP contribution in [0.5, 0.6) is 5.75 Å². The van der Waals surface area contributed by atoms with Crippen molar-refractivity contribution in [3.05, 3.63) is 77.4 Å². The molecule has 3 aromatic rings. The van der Waals surface area contributed by atoms with Crippen molar-refractivity contribution in [1.29, 1.82) is 0 Å². The lowest BCUT2D eigenvalue weighted by atomic mass is 10.1. The predicted molar refractivity (Wildman–Crippen MR) is 83.3 cm³/mol. The average molecular weight is 286 g/mol. The fourth-order valence-corrected chi connectivity index (χ4v) is 2.20. The number of thiophene rings is 1. The SMILES string of the molecule is c1ccc2c(c1)CCCO2.c1ccoc1.c1ccsc1. The summed E-state index contributed by atoms with van der Waals surface area (Å²) in [7, 11) is 0. The zero-order chi connectivity index (χ0) is 13.9. The third kappa shape index (κ3) is 5.33. The number of rotatable bonds is 0. The molecule has 2 aromatic heterocycles. The number of furan rings is 1.